The number of halogens is 1. The van der Waals surface area contributed by atoms with Crippen molar-refractivity contribution in [3.63, 3.8) is 0 Å². The van der Waals surface area contributed by atoms with E-state index in [2.05, 4.69) is 61.0 Å². The fourth-order valence-electron chi connectivity index (χ4n) is 1.81. The Kier molecular flexibility index (Phi) is 5.19. The van der Waals surface area contributed by atoms with Crippen LogP contribution in [-0.4, -0.2) is 0 Å². The largest absolute Gasteiger partial charge is 1.00 e. The average Bonchev–Trinajstić information content (AvgIpc) is 2.26. The van der Waals surface area contributed by atoms with E-state index in [9.17, 15) is 0 Å². The van der Waals surface area contributed by atoms with Crippen LogP contribution in [-0.2, 0) is 6.54 Å². The third-order valence-electron chi connectivity index (χ3n) is 2.74. The number of aryl methyl sites for hydroxylation is 1. The lowest BCUT2D eigenvalue weighted by molar-refractivity contribution is -0.672. The van der Waals surface area contributed by atoms with Gasteiger partial charge >= 0.3 is 0 Å². The van der Waals surface area contributed by atoms with E-state index in [1.807, 2.05) is 0 Å². The Morgan fingerprint density at radius 1 is 1.06 bits per heavy atom. The van der Waals surface area contributed by atoms with Crippen LogP contribution >= 0.6 is 0 Å². The Labute approximate surface area is 115 Å². The van der Waals surface area contributed by atoms with Gasteiger partial charge in [-0.25, -0.2) is 0 Å². The summed E-state index contributed by atoms with van der Waals surface area (Å²) in [5, 5.41) is 1.32. The molecular weight excluding hydrogens is 309 g/mol. The predicted octanol–water partition coefficient (Wildman–Crippen LogP) is 0.177. The summed E-state index contributed by atoms with van der Waals surface area (Å²) in [7, 11) is 0. The number of aromatic nitrogens is 1. The molecule has 2 heteroatoms. The van der Waals surface area contributed by atoms with Gasteiger partial charge in [-0.15, -0.1) is 0 Å². The zero-order valence-electron chi connectivity index (χ0n) is 9.86. The van der Waals surface area contributed by atoms with Crippen molar-refractivity contribution in [2.45, 2.75) is 26.8 Å². The molecule has 0 amide bonds. The van der Waals surface area contributed by atoms with Crippen molar-refractivity contribution in [3.8, 4) is 0 Å². The quantitative estimate of drug-likeness (QED) is 0.559. The molecule has 0 spiro atoms. The van der Waals surface area contributed by atoms with Crippen LogP contribution < -0.4 is 28.5 Å². The third-order valence-corrected chi connectivity index (χ3v) is 2.74. The van der Waals surface area contributed by atoms with Crippen LogP contribution in [0.25, 0.3) is 10.9 Å². The van der Waals surface area contributed by atoms with Crippen LogP contribution in [0.3, 0.4) is 0 Å². The fraction of sp³-hybridized carbons (Fsp3) is 0.357. The number of benzene rings is 1. The molecule has 0 unspecified atom stereocenters. The molecule has 1 aromatic heterocycles. The van der Waals surface area contributed by atoms with Gasteiger partial charge in [0.15, 0.2) is 6.20 Å². The van der Waals surface area contributed by atoms with E-state index in [1.165, 1.54) is 17.3 Å². The predicted molar refractivity (Wildman–Crippen MR) is 63.6 cm³/mol. The number of fused-ring (bicyclic) bond motifs is 1. The van der Waals surface area contributed by atoms with Crippen LogP contribution in [0, 0.1) is 5.92 Å². The molecular formula is C14H18IN. The molecule has 0 fully saturated rings. The molecule has 2 aromatic rings. The van der Waals surface area contributed by atoms with Crippen LogP contribution in [0.2, 0.25) is 0 Å². The van der Waals surface area contributed by atoms with Gasteiger partial charge < -0.3 is 24.0 Å². The van der Waals surface area contributed by atoms with Crippen molar-refractivity contribution in [1.82, 2.24) is 0 Å². The van der Waals surface area contributed by atoms with Gasteiger partial charge in [-0.05, 0) is 18.1 Å². The molecule has 0 radical (unpaired) electrons. The second-order valence-electron chi connectivity index (χ2n) is 4.44. The zero-order valence-corrected chi connectivity index (χ0v) is 12.0. The highest BCUT2D eigenvalue weighted by atomic mass is 127. The summed E-state index contributed by atoms with van der Waals surface area (Å²) in [6, 6.07) is 12.9. The second kappa shape index (κ2) is 6.18. The van der Waals surface area contributed by atoms with Crippen LogP contribution in [0.1, 0.15) is 20.3 Å². The molecule has 1 heterocycles. The van der Waals surface area contributed by atoms with Crippen molar-refractivity contribution >= 4 is 10.9 Å². The molecule has 86 valence electrons. The standard InChI is InChI=1S/C14H18N.HI/c1-12(2)9-11-15-10-5-7-13-6-3-4-8-14(13)15;/h3-8,10,12H,9,11H2,1-2H3;1H/q+1;/p-1. The Hall–Kier alpha value is -0.640. The first-order valence-corrected chi connectivity index (χ1v) is 5.64. The third kappa shape index (κ3) is 3.17. The molecule has 0 aliphatic rings. The van der Waals surface area contributed by atoms with Crippen molar-refractivity contribution in [2.24, 2.45) is 5.92 Å². The fourth-order valence-corrected chi connectivity index (χ4v) is 1.81. The van der Waals surface area contributed by atoms with Gasteiger partial charge in [0.1, 0.15) is 6.54 Å². The van der Waals surface area contributed by atoms with E-state index >= 15 is 0 Å². The van der Waals surface area contributed by atoms with Crippen LogP contribution in [0.4, 0.5) is 0 Å². The van der Waals surface area contributed by atoms with Gasteiger partial charge in [0.25, 0.3) is 0 Å². The SMILES string of the molecule is CC(C)CC[n+]1cccc2ccccc21.[I-]. The Morgan fingerprint density at radius 3 is 2.50 bits per heavy atom. The first kappa shape index (κ1) is 13.4. The molecule has 0 saturated carbocycles. The Balaban J connectivity index is 0.00000128. The number of nitrogens with zero attached hydrogens (tertiary/aromatic N) is 1. The van der Waals surface area contributed by atoms with E-state index < -0.39 is 0 Å². The summed E-state index contributed by atoms with van der Waals surface area (Å²) in [4.78, 5) is 0. The van der Waals surface area contributed by atoms with E-state index in [0.29, 0.717) is 0 Å². The van der Waals surface area contributed by atoms with Gasteiger partial charge in [-0.2, -0.15) is 4.57 Å². The molecule has 1 aromatic carbocycles. The normalized spacial score (nSPS) is 10.4. The average molecular weight is 327 g/mol. The molecule has 0 aliphatic heterocycles. The summed E-state index contributed by atoms with van der Waals surface area (Å²) in [5.41, 5.74) is 1.33. The maximum Gasteiger partial charge on any atom is 0.212 e. The number of hydrogen-bond donors (Lipinski definition) is 0. The Bertz CT molecular complexity index is 446. The minimum atomic E-state index is 0. The molecule has 2 rings (SSSR count). The van der Waals surface area contributed by atoms with Crippen molar-refractivity contribution in [3.05, 3.63) is 42.6 Å². The highest BCUT2D eigenvalue weighted by Gasteiger charge is 2.07. The summed E-state index contributed by atoms with van der Waals surface area (Å²) in [5.74, 6) is 0.761. The lowest BCUT2D eigenvalue weighted by Gasteiger charge is -2.03. The zero-order chi connectivity index (χ0) is 10.7. The highest BCUT2D eigenvalue weighted by Crippen LogP contribution is 2.08. The van der Waals surface area contributed by atoms with Crippen LogP contribution in [0.5, 0.6) is 0 Å². The van der Waals surface area contributed by atoms with Gasteiger partial charge in [-0.3, -0.25) is 0 Å². The number of para-hydroxylation sites is 1. The van der Waals surface area contributed by atoms with Gasteiger partial charge in [0.05, 0.1) is 0 Å². The summed E-state index contributed by atoms with van der Waals surface area (Å²) < 4.78 is 2.34. The monoisotopic (exact) mass is 327 g/mol. The summed E-state index contributed by atoms with van der Waals surface area (Å²) >= 11 is 0. The van der Waals surface area contributed by atoms with E-state index in [-0.39, 0.29) is 24.0 Å². The molecule has 0 N–H and O–H groups in total. The topological polar surface area (TPSA) is 3.88 Å². The Morgan fingerprint density at radius 2 is 1.75 bits per heavy atom. The lowest BCUT2D eigenvalue weighted by Crippen LogP contribution is -3.00. The molecule has 1 nitrogen and oxygen atoms in total. The first-order chi connectivity index (χ1) is 7.27. The molecule has 0 atom stereocenters. The van der Waals surface area contributed by atoms with Gasteiger partial charge in [0.2, 0.25) is 5.52 Å². The van der Waals surface area contributed by atoms with Crippen molar-refractivity contribution < 1.29 is 28.5 Å². The van der Waals surface area contributed by atoms with Crippen molar-refractivity contribution in [2.75, 3.05) is 0 Å². The minimum absolute atomic E-state index is 0. The van der Waals surface area contributed by atoms with E-state index in [1.54, 1.807) is 0 Å². The highest BCUT2D eigenvalue weighted by molar-refractivity contribution is 5.74. The molecule has 0 aliphatic carbocycles. The maximum atomic E-state index is 2.34. The number of hydrogen-bond acceptors (Lipinski definition) is 0. The first-order valence-electron chi connectivity index (χ1n) is 5.64. The van der Waals surface area contributed by atoms with Gasteiger partial charge in [-0.1, -0.05) is 26.0 Å². The second-order valence-corrected chi connectivity index (χ2v) is 4.44. The smallest absolute Gasteiger partial charge is 0.212 e. The van der Waals surface area contributed by atoms with Crippen molar-refractivity contribution in [1.29, 1.82) is 0 Å². The van der Waals surface area contributed by atoms with Crippen LogP contribution in [0.15, 0.2) is 42.6 Å². The van der Waals surface area contributed by atoms with E-state index in [0.717, 1.165) is 12.5 Å². The van der Waals surface area contributed by atoms with Gasteiger partial charge in [0, 0.05) is 23.9 Å². The minimum Gasteiger partial charge on any atom is -1.00 e. The molecule has 0 bridgehead atoms. The molecule has 16 heavy (non-hydrogen) atoms. The van der Waals surface area contributed by atoms with E-state index in [4.69, 9.17) is 0 Å². The summed E-state index contributed by atoms with van der Waals surface area (Å²) in [6.07, 6.45) is 3.41. The lowest BCUT2D eigenvalue weighted by atomic mass is 10.1. The number of rotatable bonds is 3. The number of pyridine rings is 1. The maximum absolute atomic E-state index is 2.34. The summed E-state index contributed by atoms with van der Waals surface area (Å²) in [6.45, 7) is 5.65. The molecule has 0 saturated heterocycles.